The van der Waals surface area contributed by atoms with Crippen molar-refractivity contribution in [2.45, 2.75) is 45.6 Å². The lowest BCUT2D eigenvalue weighted by atomic mass is 10.0. The Bertz CT molecular complexity index is 500. The highest BCUT2D eigenvalue weighted by atomic mass is 32.1. The second kappa shape index (κ2) is 6.35. The predicted molar refractivity (Wildman–Crippen MR) is 76.5 cm³/mol. The maximum Gasteiger partial charge on any atom is 0.306 e. The first-order chi connectivity index (χ1) is 9.51. The average molecular weight is 296 g/mol. The molecule has 0 saturated heterocycles. The van der Waals surface area contributed by atoms with E-state index in [9.17, 15) is 9.59 Å². The van der Waals surface area contributed by atoms with Gasteiger partial charge >= 0.3 is 5.97 Å². The number of amides is 1. The molecule has 1 saturated carbocycles. The Labute approximate surface area is 122 Å². The van der Waals surface area contributed by atoms with Crippen molar-refractivity contribution < 1.29 is 14.7 Å². The summed E-state index contributed by atoms with van der Waals surface area (Å²) in [4.78, 5) is 28.6. The van der Waals surface area contributed by atoms with E-state index in [4.69, 9.17) is 5.11 Å². The van der Waals surface area contributed by atoms with Crippen molar-refractivity contribution in [3.05, 3.63) is 16.1 Å². The molecule has 1 aliphatic rings. The van der Waals surface area contributed by atoms with Crippen molar-refractivity contribution in [1.29, 1.82) is 0 Å². The summed E-state index contributed by atoms with van der Waals surface area (Å²) in [6.07, 6.45) is 4.50. The van der Waals surface area contributed by atoms with Gasteiger partial charge in [-0.1, -0.05) is 6.92 Å². The highest BCUT2D eigenvalue weighted by molar-refractivity contribution is 7.11. The molecule has 6 heteroatoms. The topological polar surface area (TPSA) is 79.3 Å². The molecule has 5 nitrogen and oxygen atoms in total. The number of carboxylic acids is 1. The maximum absolute atomic E-state index is 12.1. The predicted octanol–water partition coefficient (Wildman–Crippen LogP) is 2.38. The number of aromatic nitrogens is 1. The first-order valence-corrected chi connectivity index (χ1v) is 7.80. The smallest absolute Gasteiger partial charge is 0.306 e. The van der Waals surface area contributed by atoms with Crippen molar-refractivity contribution in [1.82, 2.24) is 10.3 Å². The van der Waals surface area contributed by atoms with Crippen LogP contribution < -0.4 is 5.32 Å². The normalized spacial score (nSPS) is 23.5. The van der Waals surface area contributed by atoms with E-state index in [1.807, 2.05) is 13.1 Å². The van der Waals surface area contributed by atoms with E-state index in [1.54, 1.807) is 11.3 Å². The fourth-order valence-electron chi connectivity index (χ4n) is 2.52. The number of nitrogens with one attached hydrogen (secondary N) is 1. The summed E-state index contributed by atoms with van der Waals surface area (Å²) in [7, 11) is 0. The van der Waals surface area contributed by atoms with Gasteiger partial charge in [0.1, 0.15) is 5.01 Å². The number of aliphatic carboxylic acids is 1. The Morgan fingerprint density at radius 1 is 1.50 bits per heavy atom. The van der Waals surface area contributed by atoms with E-state index in [1.165, 1.54) is 4.88 Å². The van der Waals surface area contributed by atoms with E-state index in [0.29, 0.717) is 19.3 Å². The third-order valence-electron chi connectivity index (χ3n) is 3.80. The number of carbonyl (C=O) groups excluding carboxylic acids is 1. The van der Waals surface area contributed by atoms with Crippen molar-refractivity contribution in [3.8, 4) is 0 Å². The van der Waals surface area contributed by atoms with Gasteiger partial charge in [0.15, 0.2) is 0 Å². The second-order valence-electron chi connectivity index (χ2n) is 5.29. The van der Waals surface area contributed by atoms with Crippen LogP contribution in [-0.4, -0.2) is 22.0 Å². The van der Waals surface area contributed by atoms with Gasteiger partial charge in [0, 0.05) is 17.0 Å². The van der Waals surface area contributed by atoms with Crippen LogP contribution in [0.2, 0.25) is 0 Å². The first-order valence-electron chi connectivity index (χ1n) is 6.99. The molecule has 0 aliphatic heterocycles. The van der Waals surface area contributed by atoms with Gasteiger partial charge in [0.25, 0.3) is 0 Å². The number of hydrogen-bond donors (Lipinski definition) is 2. The molecule has 1 fully saturated rings. The minimum absolute atomic E-state index is 0.0468. The molecule has 1 aliphatic carbocycles. The summed E-state index contributed by atoms with van der Waals surface area (Å²) >= 11 is 1.61. The summed E-state index contributed by atoms with van der Waals surface area (Å²) in [6.45, 7) is 3.99. The molecule has 1 aromatic heterocycles. The molecule has 110 valence electrons. The summed E-state index contributed by atoms with van der Waals surface area (Å²) in [5, 5.41) is 12.8. The number of carboxylic acid groups (broad SMARTS) is 1. The molecule has 0 spiro atoms. The Hall–Kier alpha value is -1.43. The lowest BCUT2D eigenvalue weighted by molar-refractivity contribution is -0.141. The number of nitrogens with zero attached hydrogens (tertiary/aromatic N) is 1. The lowest BCUT2D eigenvalue weighted by Gasteiger charge is -2.15. The summed E-state index contributed by atoms with van der Waals surface area (Å²) in [5.74, 6) is -1.38. The van der Waals surface area contributed by atoms with E-state index >= 15 is 0 Å². The van der Waals surface area contributed by atoms with E-state index < -0.39 is 5.97 Å². The number of rotatable bonds is 5. The Kier molecular flexibility index (Phi) is 4.75. The third kappa shape index (κ3) is 3.36. The van der Waals surface area contributed by atoms with Gasteiger partial charge in [0.05, 0.1) is 12.0 Å². The molecular formula is C14H20N2O3S. The summed E-state index contributed by atoms with van der Waals surface area (Å²) in [5.41, 5.74) is 0. The van der Waals surface area contributed by atoms with E-state index in [-0.39, 0.29) is 23.8 Å². The number of aryl methyl sites for hydroxylation is 1. The van der Waals surface area contributed by atoms with Crippen molar-refractivity contribution >= 4 is 23.2 Å². The van der Waals surface area contributed by atoms with Crippen molar-refractivity contribution in [2.75, 3.05) is 0 Å². The zero-order chi connectivity index (χ0) is 14.7. The molecule has 2 N–H and O–H groups in total. The van der Waals surface area contributed by atoms with Gasteiger partial charge in [-0.2, -0.15) is 0 Å². The number of thiazole rings is 1. The molecule has 3 unspecified atom stereocenters. The van der Waals surface area contributed by atoms with Crippen LogP contribution in [0.15, 0.2) is 6.20 Å². The van der Waals surface area contributed by atoms with Gasteiger partial charge in [-0.25, -0.2) is 4.98 Å². The average Bonchev–Trinajstić information content (AvgIpc) is 3.07. The van der Waals surface area contributed by atoms with Crippen LogP contribution in [0.1, 0.15) is 49.0 Å². The zero-order valence-electron chi connectivity index (χ0n) is 11.8. The number of hydrogen-bond acceptors (Lipinski definition) is 4. The van der Waals surface area contributed by atoms with E-state index in [2.05, 4.69) is 17.2 Å². The van der Waals surface area contributed by atoms with Crippen LogP contribution in [0, 0.1) is 11.8 Å². The van der Waals surface area contributed by atoms with Gasteiger partial charge in [-0.3, -0.25) is 9.59 Å². The van der Waals surface area contributed by atoms with Gasteiger partial charge < -0.3 is 10.4 Å². The molecule has 1 amide bonds. The van der Waals surface area contributed by atoms with Gasteiger partial charge in [0.2, 0.25) is 5.91 Å². The fraction of sp³-hybridized carbons (Fsp3) is 0.643. The third-order valence-corrected chi connectivity index (χ3v) is 5.13. The van der Waals surface area contributed by atoms with E-state index in [0.717, 1.165) is 11.4 Å². The number of carbonyl (C=O) groups is 2. The van der Waals surface area contributed by atoms with Gasteiger partial charge in [-0.15, -0.1) is 11.3 Å². The molecule has 20 heavy (non-hydrogen) atoms. The van der Waals surface area contributed by atoms with Crippen molar-refractivity contribution in [2.24, 2.45) is 11.8 Å². The van der Waals surface area contributed by atoms with Crippen LogP contribution >= 0.6 is 11.3 Å². The first kappa shape index (κ1) is 15.0. The Morgan fingerprint density at radius 2 is 2.20 bits per heavy atom. The SMILES string of the molecule is CCc1cnc(C(C)NC(=O)C2CCC(C(=O)O)C2)s1. The monoisotopic (exact) mass is 296 g/mol. The quantitative estimate of drug-likeness (QED) is 0.874. The fourth-order valence-corrected chi connectivity index (χ4v) is 3.38. The molecule has 2 rings (SSSR count). The van der Waals surface area contributed by atoms with Gasteiger partial charge in [-0.05, 0) is 32.6 Å². The van der Waals surface area contributed by atoms with Crippen LogP contribution in [0.5, 0.6) is 0 Å². The Morgan fingerprint density at radius 3 is 2.75 bits per heavy atom. The molecule has 0 radical (unpaired) electrons. The lowest BCUT2D eigenvalue weighted by Crippen LogP contribution is -2.32. The highest BCUT2D eigenvalue weighted by Gasteiger charge is 2.34. The Balaban J connectivity index is 1.89. The molecule has 1 heterocycles. The van der Waals surface area contributed by atoms with Crippen LogP contribution in [0.25, 0.3) is 0 Å². The molecule has 3 atom stereocenters. The standard InChI is InChI=1S/C14H20N2O3S/c1-3-11-7-15-13(20-11)8(2)16-12(17)9-4-5-10(6-9)14(18)19/h7-10H,3-6H2,1-2H3,(H,16,17)(H,18,19). The molecule has 0 aromatic carbocycles. The highest BCUT2D eigenvalue weighted by Crippen LogP contribution is 2.31. The van der Waals surface area contributed by atoms with Crippen LogP contribution in [0.3, 0.4) is 0 Å². The minimum Gasteiger partial charge on any atom is -0.481 e. The second-order valence-corrected chi connectivity index (χ2v) is 6.44. The van der Waals surface area contributed by atoms with Crippen molar-refractivity contribution in [3.63, 3.8) is 0 Å². The molecular weight excluding hydrogens is 276 g/mol. The largest absolute Gasteiger partial charge is 0.481 e. The van der Waals surface area contributed by atoms with Crippen LogP contribution in [0.4, 0.5) is 0 Å². The molecule has 0 bridgehead atoms. The minimum atomic E-state index is -0.791. The summed E-state index contributed by atoms with van der Waals surface area (Å²) < 4.78 is 0. The molecule has 1 aromatic rings. The summed E-state index contributed by atoms with van der Waals surface area (Å²) in [6, 6.07) is -0.114. The zero-order valence-corrected chi connectivity index (χ0v) is 12.6. The van der Waals surface area contributed by atoms with Crippen LogP contribution in [-0.2, 0) is 16.0 Å². The maximum atomic E-state index is 12.1.